The first kappa shape index (κ1) is 30.2. The lowest BCUT2D eigenvalue weighted by molar-refractivity contribution is -0.147. The largest absolute Gasteiger partial charge is 0.488 e. The maximum atomic E-state index is 12.8. The van der Waals surface area contributed by atoms with Crippen molar-refractivity contribution < 1.29 is 32.5 Å². The predicted octanol–water partition coefficient (Wildman–Crippen LogP) is 5.70. The number of allylic oxidation sites excluding steroid dienone is 3. The van der Waals surface area contributed by atoms with Crippen LogP contribution in [0.3, 0.4) is 0 Å². The van der Waals surface area contributed by atoms with E-state index in [0.29, 0.717) is 41.8 Å². The van der Waals surface area contributed by atoms with Gasteiger partial charge in [-0.25, -0.2) is 9.78 Å². The smallest absolute Gasteiger partial charge is 0.401 e. The molecule has 0 aliphatic carbocycles. The van der Waals surface area contributed by atoms with Gasteiger partial charge < -0.3 is 25.3 Å². The molecule has 0 radical (unpaired) electrons. The molecule has 212 valence electrons. The van der Waals surface area contributed by atoms with Gasteiger partial charge in [0.1, 0.15) is 23.8 Å². The number of aromatic nitrogens is 1. The second-order valence-electron chi connectivity index (χ2n) is 9.12. The second-order valence-corrected chi connectivity index (χ2v) is 9.12. The molecule has 3 N–H and O–H groups in total. The fourth-order valence-corrected chi connectivity index (χ4v) is 4.27. The monoisotopic (exact) mass is 556 g/mol. The number of carboxylic acid groups (broad SMARTS) is 1. The summed E-state index contributed by atoms with van der Waals surface area (Å²) in [5.41, 5.74) is 3.98. The third kappa shape index (κ3) is 7.82. The summed E-state index contributed by atoms with van der Waals surface area (Å²) in [6.45, 7) is 9.53. The standard InChI is InChI=1S/C29H31F3N4O4/c1-5-22(24-7-6-8-25(34-24)35-27(39-4)23(14-33)28(37)38)26(18(2)3)40-16-19-9-10-21-15-36(17-29(30,31)32)12-11-20(21)13-19/h5-10,13-14,33H,1-2,11-12,15-17H2,3-4H3,(H,34,35)(H,37,38)/b26-22-,27-23-,33-14?. The molecule has 11 heteroatoms. The summed E-state index contributed by atoms with van der Waals surface area (Å²) in [7, 11) is 1.28. The van der Waals surface area contributed by atoms with E-state index in [0.717, 1.165) is 16.7 Å². The van der Waals surface area contributed by atoms with Gasteiger partial charge in [-0.05, 0) is 47.7 Å². The van der Waals surface area contributed by atoms with Crippen LogP contribution in [0.5, 0.6) is 0 Å². The van der Waals surface area contributed by atoms with E-state index in [2.05, 4.69) is 23.5 Å². The topological polar surface area (TPSA) is 108 Å². The lowest BCUT2D eigenvalue weighted by atomic mass is 9.97. The van der Waals surface area contributed by atoms with Crippen LogP contribution in [-0.4, -0.2) is 53.5 Å². The van der Waals surface area contributed by atoms with Crippen LogP contribution in [-0.2, 0) is 33.8 Å². The van der Waals surface area contributed by atoms with Crippen molar-refractivity contribution in [2.24, 2.45) is 0 Å². The number of halogens is 3. The number of hydrogen-bond acceptors (Lipinski definition) is 7. The molecule has 0 atom stereocenters. The Bertz CT molecular complexity index is 1370. The van der Waals surface area contributed by atoms with Crippen LogP contribution >= 0.6 is 0 Å². The number of carboxylic acids is 1. The first-order valence-corrected chi connectivity index (χ1v) is 12.3. The summed E-state index contributed by atoms with van der Waals surface area (Å²) in [5.74, 6) is -0.769. The van der Waals surface area contributed by atoms with Gasteiger partial charge in [-0.1, -0.05) is 43.5 Å². The van der Waals surface area contributed by atoms with Gasteiger partial charge in [0.15, 0.2) is 0 Å². The quantitative estimate of drug-likeness (QED) is 0.133. The first-order valence-electron chi connectivity index (χ1n) is 12.3. The van der Waals surface area contributed by atoms with Crippen molar-refractivity contribution >= 4 is 23.6 Å². The molecule has 40 heavy (non-hydrogen) atoms. The third-order valence-electron chi connectivity index (χ3n) is 6.07. The molecule has 0 fully saturated rings. The second kappa shape index (κ2) is 13.1. The van der Waals surface area contributed by atoms with Crippen LogP contribution in [0.25, 0.3) is 5.57 Å². The molecule has 2 aromatic rings. The van der Waals surface area contributed by atoms with Crippen molar-refractivity contribution in [1.82, 2.24) is 9.88 Å². The Hall–Kier alpha value is -4.38. The van der Waals surface area contributed by atoms with Gasteiger partial charge in [0.25, 0.3) is 0 Å². The number of methoxy groups -OCH3 is 1. The van der Waals surface area contributed by atoms with Crippen LogP contribution in [0.4, 0.5) is 19.0 Å². The van der Waals surface area contributed by atoms with Crippen molar-refractivity contribution in [3.8, 4) is 0 Å². The summed E-state index contributed by atoms with van der Waals surface area (Å²) in [4.78, 5) is 17.3. The molecule has 0 saturated carbocycles. The summed E-state index contributed by atoms with van der Waals surface area (Å²) in [6.07, 6.45) is -1.47. The van der Waals surface area contributed by atoms with Crippen molar-refractivity contribution in [3.05, 3.63) is 101 Å². The number of fused-ring (bicyclic) bond motifs is 1. The number of aliphatic carboxylic acids is 1. The van der Waals surface area contributed by atoms with Crippen LogP contribution < -0.4 is 5.32 Å². The Balaban J connectivity index is 1.83. The summed E-state index contributed by atoms with van der Waals surface area (Å²) in [5, 5.41) is 19.4. The zero-order chi connectivity index (χ0) is 29.4. The Kier molecular flexibility index (Phi) is 9.89. The summed E-state index contributed by atoms with van der Waals surface area (Å²) >= 11 is 0. The molecule has 2 heterocycles. The molecule has 0 bridgehead atoms. The zero-order valence-electron chi connectivity index (χ0n) is 22.3. The number of pyridine rings is 1. The minimum absolute atomic E-state index is 0.151. The number of hydrogen-bond donors (Lipinski definition) is 3. The van der Waals surface area contributed by atoms with E-state index in [9.17, 15) is 23.1 Å². The predicted molar refractivity (Wildman–Crippen MR) is 147 cm³/mol. The molecule has 1 aromatic carbocycles. The fraction of sp³-hybridized carbons (Fsp3) is 0.276. The Morgan fingerprint density at radius 3 is 2.62 bits per heavy atom. The normalized spacial score (nSPS) is 14.7. The molecule has 0 amide bonds. The van der Waals surface area contributed by atoms with E-state index >= 15 is 0 Å². The van der Waals surface area contributed by atoms with E-state index in [4.69, 9.17) is 14.9 Å². The highest BCUT2D eigenvalue weighted by Crippen LogP contribution is 2.28. The molecule has 0 saturated heterocycles. The van der Waals surface area contributed by atoms with E-state index in [1.54, 1.807) is 31.2 Å². The highest BCUT2D eigenvalue weighted by Gasteiger charge is 2.32. The van der Waals surface area contributed by atoms with E-state index in [-0.39, 0.29) is 30.4 Å². The van der Waals surface area contributed by atoms with E-state index < -0.39 is 18.7 Å². The minimum atomic E-state index is -4.23. The molecule has 1 aromatic heterocycles. The Labute approximate surface area is 230 Å². The minimum Gasteiger partial charge on any atom is -0.488 e. The Morgan fingerprint density at radius 1 is 1.27 bits per heavy atom. The molecule has 0 unspecified atom stereocenters. The van der Waals surface area contributed by atoms with Gasteiger partial charge in [-0.15, -0.1) is 0 Å². The van der Waals surface area contributed by atoms with Gasteiger partial charge in [-0.2, -0.15) is 13.2 Å². The fourth-order valence-electron chi connectivity index (χ4n) is 4.27. The maximum Gasteiger partial charge on any atom is 0.401 e. The first-order chi connectivity index (χ1) is 18.9. The molecule has 1 aliphatic heterocycles. The average Bonchev–Trinajstić information content (AvgIpc) is 2.89. The number of benzene rings is 1. The van der Waals surface area contributed by atoms with Crippen LogP contribution in [0.1, 0.15) is 29.3 Å². The molecule has 1 aliphatic rings. The number of carbonyl (C=O) groups is 1. The van der Waals surface area contributed by atoms with Gasteiger partial charge in [-0.3, -0.25) is 4.90 Å². The molecule has 8 nitrogen and oxygen atoms in total. The number of ether oxygens (including phenoxy) is 2. The zero-order valence-corrected chi connectivity index (χ0v) is 22.3. The van der Waals surface area contributed by atoms with Crippen molar-refractivity contribution in [1.29, 1.82) is 5.41 Å². The van der Waals surface area contributed by atoms with Gasteiger partial charge in [0.2, 0.25) is 5.88 Å². The van der Waals surface area contributed by atoms with E-state index in [1.165, 1.54) is 12.0 Å². The van der Waals surface area contributed by atoms with Crippen molar-refractivity contribution in [2.45, 2.75) is 32.7 Å². The average molecular weight is 557 g/mol. The van der Waals surface area contributed by atoms with Gasteiger partial charge in [0.05, 0.1) is 19.3 Å². The molecular weight excluding hydrogens is 525 g/mol. The highest BCUT2D eigenvalue weighted by atomic mass is 19.4. The van der Waals surface area contributed by atoms with Gasteiger partial charge in [0, 0.05) is 24.9 Å². The van der Waals surface area contributed by atoms with Crippen molar-refractivity contribution in [3.63, 3.8) is 0 Å². The van der Waals surface area contributed by atoms with Gasteiger partial charge >= 0.3 is 12.1 Å². The molecule has 0 spiro atoms. The number of nitrogens with zero attached hydrogens (tertiary/aromatic N) is 2. The lowest BCUT2D eigenvalue weighted by Crippen LogP contribution is -2.38. The molecular formula is C29H31F3N4O4. The summed E-state index contributed by atoms with van der Waals surface area (Å²) < 4.78 is 49.6. The van der Waals surface area contributed by atoms with Crippen LogP contribution in [0, 0.1) is 5.41 Å². The van der Waals surface area contributed by atoms with Crippen LogP contribution in [0.15, 0.2) is 78.4 Å². The number of anilines is 1. The lowest BCUT2D eigenvalue weighted by Gasteiger charge is -2.29. The Morgan fingerprint density at radius 2 is 2.02 bits per heavy atom. The van der Waals surface area contributed by atoms with E-state index in [1.807, 2.05) is 18.2 Å². The van der Waals surface area contributed by atoms with Crippen molar-refractivity contribution in [2.75, 3.05) is 25.5 Å². The number of alkyl halides is 3. The molecule has 3 rings (SSSR count). The SMILES string of the molecule is C=C/C(=C(/OCc1ccc2c(c1)CCN(CC(F)(F)F)C2)C(=C)C)c1cccc(N/C(OC)=C(\C=N)C(=O)O)n1. The third-order valence-corrected chi connectivity index (χ3v) is 6.07. The maximum absolute atomic E-state index is 12.8. The summed E-state index contributed by atoms with van der Waals surface area (Å²) in [6, 6.07) is 10.7. The number of nitrogens with one attached hydrogen (secondary N) is 2. The number of rotatable bonds is 12. The van der Waals surface area contributed by atoms with Crippen LogP contribution in [0.2, 0.25) is 0 Å². The highest BCUT2D eigenvalue weighted by molar-refractivity contribution is 6.08.